The summed E-state index contributed by atoms with van der Waals surface area (Å²) in [5.74, 6) is 2.08. The van der Waals surface area contributed by atoms with Crippen LogP contribution in [0.4, 0.5) is 5.13 Å². The Hall–Kier alpha value is -2.32. The Kier molecular flexibility index (Phi) is 8.75. The lowest BCUT2D eigenvalue weighted by atomic mass is 9.99. The zero-order chi connectivity index (χ0) is 23.1. The molecule has 3 rings (SSSR count). The number of likely N-dealkylation sites (tertiary alicyclic amines) is 1. The third-order valence-electron chi connectivity index (χ3n) is 5.53. The molecule has 0 radical (unpaired) electrons. The molecule has 1 fully saturated rings. The van der Waals surface area contributed by atoms with Crippen LogP contribution < -0.4 is 19.5 Å². The van der Waals surface area contributed by atoms with Crippen LogP contribution in [0.2, 0.25) is 0 Å². The summed E-state index contributed by atoms with van der Waals surface area (Å²) in [6.07, 6.45) is 2.48. The van der Waals surface area contributed by atoms with Crippen LogP contribution in [0.5, 0.6) is 17.2 Å². The van der Waals surface area contributed by atoms with Crippen LogP contribution in [0.1, 0.15) is 61.5 Å². The van der Waals surface area contributed by atoms with Gasteiger partial charge in [0.25, 0.3) is 5.91 Å². The van der Waals surface area contributed by atoms with Crippen molar-refractivity contribution < 1.29 is 19.0 Å². The van der Waals surface area contributed by atoms with E-state index in [9.17, 15) is 4.79 Å². The van der Waals surface area contributed by atoms with Gasteiger partial charge in [-0.05, 0) is 71.7 Å². The maximum absolute atomic E-state index is 13.0. The molecular weight excluding hydrogens is 426 g/mol. The average Bonchev–Trinajstić information content (AvgIpc) is 3.10. The summed E-state index contributed by atoms with van der Waals surface area (Å²) >= 11 is 1.55. The molecule has 0 saturated carbocycles. The minimum atomic E-state index is -0.248. The fourth-order valence-corrected chi connectivity index (χ4v) is 4.74. The van der Waals surface area contributed by atoms with Crippen molar-refractivity contribution in [2.24, 2.45) is 5.92 Å². The van der Waals surface area contributed by atoms with Gasteiger partial charge in [0.05, 0.1) is 25.5 Å². The largest absolute Gasteiger partial charge is 0.490 e. The van der Waals surface area contributed by atoms with Gasteiger partial charge in [-0.1, -0.05) is 6.92 Å². The number of ether oxygens (including phenoxy) is 3. The van der Waals surface area contributed by atoms with Gasteiger partial charge in [-0.25, -0.2) is 4.98 Å². The predicted octanol–water partition coefficient (Wildman–Crippen LogP) is 5.13. The quantitative estimate of drug-likeness (QED) is 0.529. The maximum Gasteiger partial charge on any atom is 0.257 e. The number of nitrogens with zero attached hydrogens (tertiary/aromatic N) is 2. The van der Waals surface area contributed by atoms with Crippen molar-refractivity contribution in [1.82, 2.24) is 9.88 Å². The summed E-state index contributed by atoms with van der Waals surface area (Å²) < 4.78 is 17.2. The second-order valence-corrected chi connectivity index (χ2v) is 9.12. The first-order valence-electron chi connectivity index (χ1n) is 11.5. The molecule has 0 bridgehead atoms. The van der Waals surface area contributed by atoms with Crippen LogP contribution in [0.25, 0.3) is 0 Å². The molecule has 1 aliphatic rings. The number of nitrogens with one attached hydrogen (secondary N) is 1. The molecule has 1 aliphatic heterocycles. The Morgan fingerprint density at radius 1 is 1.09 bits per heavy atom. The Bertz CT molecular complexity index is 880. The molecule has 1 amide bonds. The van der Waals surface area contributed by atoms with Crippen LogP contribution in [0, 0.1) is 12.8 Å². The number of hydrogen-bond donors (Lipinski definition) is 1. The minimum absolute atomic E-state index is 0.248. The first kappa shape index (κ1) is 24.3. The standard InChI is InChI=1S/C24H35N3O4S/c1-6-29-19-13-18(14-20(30-7-2)22(19)31-8-3)23(28)26-24-25-17(5)21(32-24)15-27-11-9-16(4)10-12-27/h13-14,16H,6-12,15H2,1-5H3,(H,25,26,28). The molecule has 176 valence electrons. The van der Waals surface area contributed by atoms with Gasteiger partial charge in [0.1, 0.15) is 0 Å². The second kappa shape index (κ2) is 11.5. The lowest BCUT2D eigenvalue weighted by Gasteiger charge is -2.29. The van der Waals surface area contributed by atoms with Gasteiger partial charge in [0.15, 0.2) is 16.6 Å². The lowest BCUT2D eigenvalue weighted by molar-refractivity contribution is 0.102. The molecule has 0 unspecified atom stereocenters. The second-order valence-electron chi connectivity index (χ2n) is 8.04. The first-order valence-corrected chi connectivity index (χ1v) is 12.3. The van der Waals surface area contributed by atoms with Crippen LogP contribution in [0.15, 0.2) is 12.1 Å². The van der Waals surface area contributed by atoms with Crippen LogP contribution >= 0.6 is 11.3 Å². The van der Waals surface area contributed by atoms with Gasteiger partial charge in [-0.2, -0.15) is 0 Å². The Balaban J connectivity index is 1.76. The van der Waals surface area contributed by atoms with E-state index in [2.05, 4.69) is 22.1 Å². The molecule has 8 heteroatoms. The van der Waals surface area contributed by atoms with Crippen molar-refractivity contribution in [2.45, 2.75) is 54.0 Å². The SMILES string of the molecule is CCOc1cc(C(=O)Nc2nc(C)c(CN3CCC(C)CC3)s2)cc(OCC)c1OCC. The molecule has 7 nitrogen and oxygen atoms in total. The van der Waals surface area contributed by atoms with E-state index in [0.717, 1.165) is 31.2 Å². The summed E-state index contributed by atoms with van der Waals surface area (Å²) in [5, 5.41) is 3.56. The van der Waals surface area contributed by atoms with E-state index in [4.69, 9.17) is 14.2 Å². The highest BCUT2D eigenvalue weighted by Crippen LogP contribution is 2.39. The molecular formula is C24H35N3O4S. The zero-order valence-corrected chi connectivity index (χ0v) is 20.6. The third kappa shape index (κ3) is 6.13. The van der Waals surface area contributed by atoms with Crippen LogP contribution in [0.3, 0.4) is 0 Å². The number of hydrogen-bond acceptors (Lipinski definition) is 7. The van der Waals surface area contributed by atoms with Crippen molar-refractivity contribution in [3.8, 4) is 17.2 Å². The fraction of sp³-hybridized carbons (Fsp3) is 0.583. The minimum Gasteiger partial charge on any atom is -0.490 e. The van der Waals surface area contributed by atoms with Crippen molar-refractivity contribution in [2.75, 3.05) is 38.2 Å². The van der Waals surface area contributed by atoms with Gasteiger partial charge in [0, 0.05) is 17.0 Å². The van der Waals surface area contributed by atoms with Crippen LogP contribution in [-0.4, -0.2) is 48.7 Å². The van der Waals surface area contributed by atoms with Gasteiger partial charge in [-0.15, -0.1) is 11.3 Å². The molecule has 1 N–H and O–H groups in total. The normalized spacial score (nSPS) is 14.9. The number of benzene rings is 1. The molecule has 0 aliphatic carbocycles. The predicted molar refractivity (Wildman–Crippen MR) is 128 cm³/mol. The number of amides is 1. The Morgan fingerprint density at radius 3 is 2.25 bits per heavy atom. The van der Waals surface area contributed by atoms with Gasteiger partial charge >= 0.3 is 0 Å². The van der Waals surface area contributed by atoms with E-state index in [1.165, 1.54) is 17.7 Å². The molecule has 2 aromatic rings. The van der Waals surface area contributed by atoms with Gasteiger partial charge in [0.2, 0.25) is 5.75 Å². The lowest BCUT2D eigenvalue weighted by Crippen LogP contribution is -2.32. The summed E-state index contributed by atoms with van der Waals surface area (Å²) in [7, 11) is 0. The summed E-state index contributed by atoms with van der Waals surface area (Å²) in [6, 6.07) is 3.39. The smallest absolute Gasteiger partial charge is 0.257 e. The topological polar surface area (TPSA) is 72.9 Å². The summed E-state index contributed by atoms with van der Waals surface area (Å²) in [6.45, 7) is 14.5. The highest BCUT2D eigenvalue weighted by Gasteiger charge is 2.21. The molecule has 1 aromatic carbocycles. The van der Waals surface area contributed by atoms with Crippen molar-refractivity contribution in [3.05, 3.63) is 28.3 Å². The molecule has 1 saturated heterocycles. The van der Waals surface area contributed by atoms with Crippen molar-refractivity contribution in [3.63, 3.8) is 0 Å². The summed E-state index contributed by atoms with van der Waals surface area (Å²) in [5.41, 5.74) is 1.42. The molecule has 1 aromatic heterocycles. The maximum atomic E-state index is 13.0. The molecule has 0 atom stereocenters. The van der Waals surface area contributed by atoms with Crippen LogP contribution in [-0.2, 0) is 6.54 Å². The number of rotatable bonds is 10. The number of carbonyl (C=O) groups excluding carboxylic acids is 1. The van der Waals surface area contributed by atoms with E-state index < -0.39 is 0 Å². The zero-order valence-electron chi connectivity index (χ0n) is 19.8. The van der Waals surface area contributed by atoms with E-state index >= 15 is 0 Å². The van der Waals surface area contributed by atoms with E-state index in [-0.39, 0.29) is 5.91 Å². The number of piperidine rings is 1. The third-order valence-corrected chi connectivity index (χ3v) is 6.59. The monoisotopic (exact) mass is 461 g/mol. The number of thiazole rings is 1. The first-order chi connectivity index (χ1) is 15.4. The van der Waals surface area contributed by atoms with Gasteiger partial charge in [-0.3, -0.25) is 15.0 Å². The van der Waals surface area contributed by atoms with Crippen molar-refractivity contribution in [1.29, 1.82) is 0 Å². The fourth-order valence-electron chi connectivity index (χ4n) is 3.74. The number of carbonyl (C=O) groups is 1. The average molecular weight is 462 g/mol. The summed E-state index contributed by atoms with van der Waals surface area (Å²) in [4.78, 5) is 21.3. The molecule has 0 spiro atoms. The van der Waals surface area contributed by atoms with E-state index in [1.807, 2.05) is 27.7 Å². The van der Waals surface area contributed by atoms with E-state index in [0.29, 0.717) is 47.8 Å². The Morgan fingerprint density at radius 2 is 1.69 bits per heavy atom. The van der Waals surface area contributed by atoms with Crippen molar-refractivity contribution >= 4 is 22.4 Å². The number of aromatic nitrogens is 1. The number of aryl methyl sites for hydroxylation is 1. The van der Waals surface area contributed by atoms with Gasteiger partial charge < -0.3 is 14.2 Å². The highest BCUT2D eigenvalue weighted by atomic mass is 32.1. The van der Waals surface area contributed by atoms with E-state index in [1.54, 1.807) is 23.5 Å². The number of anilines is 1. The molecule has 32 heavy (non-hydrogen) atoms. The Labute approximate surface area is 195 Å². The highest BCUT2D eigenvalue weighted by molar-refractivity contribution is 7.15. The molecule has 2 heterocycles.